The molecule has 236 valence electrons. The van der Waals surface area contributed by atoms with Crippen molar-refractivity contribution in [2.45, 2.75) is 57.1 Å². The van der Waals surface area contributed by atoms with Gasteiger partial charge in [0.1, 0.15) is 12.6 Å². The van der Waals surface area contributed by atoms with E-state index in [0.29, 0.717) is 17.1 Å². The Hall–Kier alpha value is -3.66. The summed E-state index contributed by atoms with van der Waals surface area (Å²) in [6, 6.07) is 28.7. The van der Waals surface area contributed by atoms with E-state index in [4.69, 9.17) is 11.6 Å². The monoisotopic (exact) mass is 709 g/mol. The van der Waals surface area contributed by atoms with Gasteiger partial charge in [0.25, 0.3) is 10.0 Å². The Morgan fingerprint density at radius 2 is 1.49 bits per heavy atom. The lowest BCUT2D eigenvalue weighted by Gasteiger charge is -2.34. The van der Waals surface area contributed by atoms with Gasteiger partial charge in [-0.3, -0.25) is 13.9 Å². The number of amides is 2. The molecule has 0 aromatic heterocycles. The van der Waals surface area contributed by atoms with Crippen LogP contribution >= 0.6 is 27.5 Å². The maximum Gasteiger partial charge on any atom is 0.264 e. The van der Waals surface area contributed by atoms with Crippen molar-refractivity contribution in [3.05, 3.63) is 129 Å². The van der Waals surface area contributed by atoms with E-state index in [-0.39, 0.29) is 29.8 Å². The van der Waals surface area contributed by atoms with Crippen LogP contribution in [0.3, 0.4) is 0 Å². The van der Waals surface area contributed by atoms with Crippen LogP contribution in [0.1, 0.15) is 37.0 Å². The van der Waals surface area contributed by atoms with Gasteiger partial charge in [0.2, 0.25) is 11.8 Å². The first kappa shape index (κ1) is 34.2. The van der Waals surface area contributed by atoms with Crippen molar-refractivity contribution in [1.82, 2.24) is 10.2 Å². The molecule has 4 aromatic carbocycles. The van der Waals surface area contributed by atoms with Gasteiger partial charge in [-0.2, -0.15) is 0 Å². The number of nitrogens with one attached hydrogen (secondary N) is 1. The first-order chi connectivity index (χ1) is 21.5. The zero-order valence-corrected chi connectivity index (χ0v) is 28.6. The third-order valence-corrected chi connectivity index (χ3v) is 10.1. The molecule has 0 heterocycles. The predicted molar refractivity (Wildman–Crippen MR) is 184 cm³/mol. The van der Waals surface area contributed by atoms with Crippen molar-refractivity contribution in [3.8, 4) is 0 Å². The summed E-state index contributed by atoms with van der Waals surface area (Å²) in [5.74, 6) is -0.837. The summed E-state index contributed by atoms with van der Waals surface area (Å²) in [7, 11) is -4.17. The van der Waals surface area contributed by atoms with Crippen molar-refractivity contribution in [2.75, 3.05) is 10.8 Å². The normalized spacial score (nSPS) is 12.6. The number of sulfonamides is 1. The number of hydrogen-bond acceptors (Lipinski definition) is 4. The van der Waals surface area contributed by atoms with Crippen molar-refractivity contribution in [2.24, 2.45) is 0 Å². The summed E-state index contributed by atoms with van der Waals surface area (Å²) in [5, 5.41) is 3.58. The predicted octanol–water partition coefficient (Wildman–Crippen LogP) is 7.16. The average molecular weight is 711 g/mol. The Kier molecular flexibility index (Phi) is 11.8. The fourth-order valence-electron chi connectivity index (χ4n) is 4.76. The molecule has 0 fully saturated rings. The lowest BCUT2D eigenvalue weighted by molar-refractivity contribution is -0.140. The third kappa shape index (κ3) is 9.19. The van der Waals surface area contributed by atoms with E-state index in [1.807, 2.05) is 51.1 Å². The molecular formula is C35H37BrClN3O4S. The van der Waals surface area contributed by atoms with E-state index in [1.54, 1.807) is 60.7 Å². The van der Waals surface area contributed by atoms with Crippen LogP contribution in [0, 0.1) is 6.92 Å². The highest BCUT2D eigenvalue weighted by Gasteiger charge is 2.35. The largest absolute Gasteiger partial charge is 0.352 e. The van der Waals surface area contributed by atoms with Crippen LogP contribution in [-0.2, 0) is 32.6 Å². The van der Waals surface area contributed by atoms with E-state index < -0.39 is 28.5 Å². The fourth-order valence-corrected chi connectivity index (χ4v) is 6.56. The second kappa shape index (κ2) is 15.6. The SMILES string of the molecule is CCC(C)NC(=O)C(Cc1ccccc1)N(Cc1ccc(Cl)cc1)C(=O)CN(c1ccc(Br)cc1)S(=O)(=O)c1ccc(C)cc1. The Balaban J connectivity index is 1.80. The number of aryl methyl sites for hydroxylation is 1. The molecule has 0 spiro atoms. The summed E-state index contributed by atoms with van der Waals surface area (Å²) < 4.78 is 30.1. The zero-order valence-electron chi connectivity index (χ0n) is 25.5. The van der Waals surface area contributed by atoms with Gasteiger partial charge in [-0.05, 0) is 79.9 Å². The number of halogens is 2. The van der Waals surface area contributed by atoms with Crippen LogP contribution in [0.15, 0.2) is 112 Å². The molecule has 45 heavy (non-hydrogen) atoms. The Labute approximate surface area is 279 Å². The molecule has 0 radical (unpaired) electrons. The van der Waals surface area contributed by atoms with Gasteiger partial charge < -0.3 is 10.2 Å². The maximum absolute atomic E-state index is 14.5. The lowest BCUT2D eigenvalue weighted by Crippen LogP contribution is -2.54. The highest BCUT2D eigenvalue weighted by Crippen LogP contribution is 2.27. The topological polar surface area (TPSA) is 86.8 Å². The number of benzene rings is 4. The van der Waals surface area contributed by atoms with E-state index in [0.717, 1.165) is 25.5 Å². The van der Waals surface area contributed by atoms with Crippen molar-refractivity contribution in [3.63, 3.8) is 0 Å². The summed E-state index contributed by atoms with van der Waals surface area (Å²) in [4.78, 5) is 29.9. The van der Waals surface area contributed by atoms with E-state index in [2.05, 4.69) is 21.2 Å². The van der Waals surface area contributed by atoms with Crippen LogP contribution < -0.4 is 9.62 Å². The fraction of sp³-hybridized carbons (Fsp3) is 0.257. The highest BCUT2D eigenvalue weighted by molar-refractivity contribution is 9.10. The standard InChI is InChI=1S/C35H37BrClN3O4S/c1-4-26(3)38-35(42)33(22-27-8-6-5-7-9-27)39(23-28-12-16-30(37)17-13-28)34(41)24-40(31-18-14-29(36)15-19-31)45(43,44)32-20-10-25(2)11-21-32/h5-21,26,33H,4,22-24H2,1-3H3,(H,38,42). The van der Waals surface area contributed by atoms with Gasteiger partial charge in [0.05, 0.1) is 10.6 Å². The Bertz CT molecular complexity index is 1680. The summed E-state index contributed by atoms with van der Waals surface area (Å²) in [5.41, 5.74) is 2.85. The minimum absolute atomic E-state index is 0.0587. The molecule has 0 saturated heterocycles. The molecule has 0 bridgehead atoms. The van der Waals surface area contributed by atoms with E-state index in [9.17, 15) is 18.0 Å². The van der Waals surface area contributed by atoms with Gasteiger partial charge in [0, 0.05) is 28.5 Å². The summed E-state index contributed by atoms with van der Waals surface area (Å²) in [6.45, 7) is 5.30. The van der Waals surface area contributed by atoms with Crippen LogP contribution in [-0.4, -0.2) is 43.8 Å². The van der Waals surface area contributed by atoms with Crippen molar-refractivity contribution >= 4 is 55.1 Å². The molecule has 4 aromatic rings. The molecule has 7 nitrogen and oxygen atoms in total. The molecule has 0 saturated carbocycles. The van der Waals surface area contributed by atoms with E-state index >= 15 is 0 Å². The molecule has 2 amide bonds. The van der Waals surface area contributed by atoms with Crippen LogP contribution in [0.5, 0.6) is 0 Å². The summed E-state index contributed by atoms with van der Waals surface area (Å²) in [6.07, 6.45) is 0.951. The smallest absolute Gasteiger partial charge is 0.264 e. The van der Waals surface area contributed by atoms with Gasteiger partial charge in [-0.25, -0.2) is 8.42 Å². The highest BCUT2D eigenvalue weighted by atomic mass is 79.9. The number of nitrogens with zero attached hydrogens (tertiary/aromatic N) is 2. The molecule has 0 aliphatic rings. The van der Waals surface area contributed by atoms with Crippen molar-refractivity contribution in [1.29, 1.82) is 0 Å². The van der Waals surface area contributed by atoms with Crippen LogP contribution in [0.4, 0.5) is 5.69 Å². The number of carbonyl (C=O) groups is 2. The molecule has 4 rings (SSSR count). The maximum atomic E-state index is 14.5. The Morgan fingerprint density at radius 1 is 0.867 bits per heavy atom. The first-order valence-electron chi connectivity index (χ1n) is 14.7. The first-order valence-corrected chi connectivity index (χ1v) is 17.3. The van der Waals surface area contributed by atoms with Gasteiger partial charge in [-0.15, -0.1) is 0 Å². The quantitative estimate of drug-likeness (QED) is 0.160. The second-order valence-electron chi connectivity index (χ2n) is 11.0. The number of anilines is 1. The van der Waals surface area contributed by atoms with Gasteiger partial charge >= 0.3 is 0 Å². The average Bonchev–Trinajstić information content (AvgIpc) is 3.03. The third-order valence-electron chi connectivity index (χ3n) is 7.54. The minimum Gasteiger partial charge on any atom is -0.352 e. The number of carbonyl (C=O) groups excluding carboxylic acids is 2. The molecular weight excluding hydrogens is 674 g/mol. The molecule has 1 N–H and O–H groups in total. The second-order valence-corrected chi connectivity index (χ2v) is 14.2. The van der Waals surface area contributed by atoms with Gasteiger partial charge in [0.15, 0.2) is 0 Å². The summed E-state index contributed by atoms with van der Waals surface area (Å²) >= 11 is 9.56. The Morgan fingerprint density at radius 3 is 2.09 bits per heavy atom. The molecule has 10 heteroatoms. The minimum atomic E-state index is -4.17. The molecule has 0 aliphatic heterocycles. The molecule has 2 unspecified atom stereocenters. The lowest BCUT2D eigenvalue weighted by atomic mass is 10.0. The molecule has 0 aliphatic carbocycles. The number of rotatable bonds is 13. The van der Waals surface area contributed by atoms with Crippen LogP contribution in [0.2, 0.25) is 5.02 Å². The van der Waals surface area contributed by atoms with Crippen LogP contribution in [0.25, 0.3) is 0 Å². The van der Waals surface area contributed by atoms with E-state index in [1.165, 1.54) is 17.0 Å². The molecule has 2 atom stereocenters. The number of hydrogen-bond donors (Lipinski definition) is 1. The van der Waals surface area contributed by atoms with Gasteiger partial charge in [-0.1, -0.05) is 94.6 Å². The zero-order chi connectivity index (χ0) is 32.6. The van der Waals surface area contributed by atoms with Crippen molar-refractivity contribution < 1.29 is 18.0 Å².